The summed E-state index contributed by atoms with van der Waals surface area (Å²) >= 11 is 0. The Morgan fingerprint density at radius 2 is 1.88 bits per heavy atom. The maximum Gasteiger partial charge on any atom is 0.390 e. The van der Waals surface area contributed by atoms with Gasteiger partial charge in [-0.15, -0.1) is 0 Å². The Hall–Kier alpha value is -1.03. The summed E-state index contributed by atoms with van der Waals surface area (Å²) in [6.07, 6.45) is -4.98. The average molecular weight is 245 g/mol. The monoisotopic (exact) mass is 245 g/mol. The molecule has 0 radical (unpaired) electrons. The standard InChI is InChI=1S/C13H18F3N/c1-4-17-12(8-13(14,15)16)11-7-5-6-9(2)10(11)3/h5-7,12,17H,4,8H2,1-3H3. The van der Waals surface area contributed by atoms with Crippen LogP contribution in [0.1, 0.15) is 36.1 Å². The van der Waals surface area contributed by atoms with Crippen molar-refractivity contribution in [2.75, 3.05) is 6.54 Å². The van der Waals surface area contributed by atoms with Crippen molar-refractivity contribution in [2.45, 2.75) is 39.4 Å². The van der Waals surface area contributed by atoms with Gasteiger partial charge in [0, 0.05) is 6.04 Å². The summed E-state index contributed by atoms with van der Waals surface area (Å²) in [6, 6.07) is 4.83. The summed E-state index contributed by atoms with van der Waals surface area (Å²) in [5, 5.41) is 2.90. The minimum absolute atomic E-state index is 0.522. The summed E-state index contributed by atoms with van der Waals surface area (Å²) in [5.41, 5.74) is 2.69. The van der Waals surface area contributed by atoms with Gasteiger partial charge in [0.1, 0.15) is 0 Å². The number of benzene rings is 1. The van der Waals surface area contributed by atoms with Gasteiger partial charge in [-0.1, -0.05) is 25.1 Å². The van der Waals surface area contributed by atoms with Gasteiger partial charge in [0.15, 0.2) is 0 Å². The molecule has 0 aliphatic heterocycles. The van der Waals surface area contributed by atoms with Crippen LogP contribution >= 0.6 is 0 Å². The van der Waals surface area contributed by atoms with E-state index in [9.17, 15) is 13.2 Å². The van der Waals surface area contributed by atoms with Crippen LogP contribution in [0.25, 0.3) is 0 Å². The Labute approximate surface area is 100 Å². The number of rotatable bonds is 4. The number of nitrogens with one attached hydrogen (secondary N) is 1. The van der Waals surface area contributed by atoms with Crippen LogP contribution in [0.3, 0.4) is 0 Å². The Morgan fingerprint density at radius 1 is 1.24 bits per heavy atom. The highest BCUT2D eigenvalue weighted by atomic mass is 19.4. The van der Waals surface area contributed by atoms with Crippen LogP contribution in [0.4, 0.5) is 13.2 Å². The fraction of sp³-hybridized carbons (Fsp3) is 0.538. The lowest BCUT2D eigenvalue weighted by molar-refractivity contribution is -0.140. The lowest BCUT2D eigenvalue weighted by atomic mass is 9.95. The first-order valence-electron chi connectivity index (χ1n) is 5.71. The van der Waals surface area contributed by atoms with E-state index >= 15 is 0 Å². The number of hydrogen-bond acceptors (Lipinski definition) is 1. The Kier molecular flexibility index (Phi) is 4.57. The molecule has 0 aliphatic rings. The molecule has 1 unspecified atom stereocenters. The first kappa shape index (κ1) is 14.0. The van der Waals surface area contributed by atoms with Gasteiger partial charge in [0.05, 0.1) is 6.42 Å². The lowest BCUT2D eigenvalue weighted by Crippen LogP contribution is -2.27. The third-order valence-corrected chi connectivity index (χ3v) is 2.91. The predicted molar refractivity (Wildman–Crippen MR) is 63.0 cm³/mol. The second-order valence-corrected chi connectivity index (χ2v) is 4.22. The van der Waals surface area contributed by atoms with Gasteiger partial charge >= 0.3 is 6.18 Å². The quantitative estimate of drug-likeness (QED) is 0.848. The highest BCUT2D eigenvalue weighted by Crippen LogP contribution is 2.31. The summed E-state index contributed by atoms with van der Waals surface area (Å²) in [5.74, 6) is 0. The van der Waals surface area contributed by atoms with Crippen LogP contribution < -0.4 is 5.32 Å². The van der Waals surface area contributed by atoms with Gasteiger partial charge in [-0.2, -0.15) is 13.2 Å². The molecule has 0 saturated carbocycles. The molecule has 0 heterocycles. The van der Waals surface area contributed by atoms with E-state index in [-0.39, 0.29) is 0 Å². The molecule has 1 aromatic carbocycles. The SMILES string of the molecule is CCNC(CC(F)(F)F)c1cccc(C)c1C. The zero-order valence-corrected chi connectivity index (χ0v) is 10.4. The lowest BCUT2D eigenvalue weighted by Gasteiger charge is -2.22. The normalized spacial score (nSPS) is 13.8. The topological polar surface area (TPSA) is 12.0 Å². The smallest absolute Gasteiger partial charge is 0.310 e. The van der Waals surface area contributed by atoms with E-state index in [1.54, 1.807) is 12.1 Å². The highest BCUT2D eigenvalue weighted by molar-refractivity contribution is 5.35. The molecule has 0 amide bonds. The zero-order chi connectivity index (χ0) is 13.1. The highest BCUT2D eigenvalue weighted by Gasteiger charge is 2.32. The molecule has 4 heteroatoms. The Bertz CT molecular complexity index is 371. The Morgan fingerprint density at radius 3 is 2.41 bits per heavy atom. The number of halogens is 3. The first-order chi connectivity index (χ1) is 7.85. The van der Waals surface area contributed by atoms with Gasteiger partial charge in [-0.3, -0.25) is 0 Å². The van der Waals surface area contributed by atoms with Crippen molar-refractivity contribution in [3.8, 4) is 0 Å². The minimum atomic E-state index is -4.15. The number of aryl methyl sites for hydroxylation is 1. The fourth-order valence-electron chi connectivity index (χ4n) is 1.92. The number of alkyl halides is 3. The van der Waals surface area contributed by atoms with Crippen molar-refractivity contribution in [3.05, 3.63) is 34.9 Å². The van der Waals surface area contributed by atoms with Crippen molar-refractivity contribution in [2.24, 2.45) is 0 Å². The molecule has 1 aromatic rings. The predicted octanol–water partition coefficient (Wildman–Crippen LogP) is 3.91. The van der Waals surface area contributed by atoms with Gasteiger partial charge in [0.2, 0.25) is 0 Å². The van der Waals surface area contributed by atoms with E-state index in [4.69, 9.17) is 0 Å². The summed E-state index contributed by atoms with van der Waals surface area (Å²) in [6.45, 7) is 6.11. The molecule has 1 atom stereocenters. The second kappa shape index (κ2) is 5.54. The molecule has 0 spiro atoms. The van der Waals surface area contributed by atoms with Crippen molar-refractivity contribution in [1.29, 1.82) is 0 Å². The van der Waals surface area contributed by atoms with Crippen molar-refractivity contribution in [1.82, 2.24) is 5.32 Å². The largest absolute Gasteiger partial charge is 0.390 e. The van der Waals surface area contributed by atoms with Crippen LogP contribution in [0.2, 0.25) is 0 Å². The van der Waals surface area contributed by atoms with Gasteiger partial charge < -0.3 is 5.32 Å². The summed E-state index contributed by atoms with van der Waals surface area (Å²) < 4.78 is 37.5. The van der Waals surface area contributed by atoms with Gasteiger partial charge in [-0.25, -0.2) is 0 Å². The second-order valence-electron chi connectivity index (χ2n) is 4.22. The van der Waals surface area contributed by atoms with Crippen LogP contribution in [-0.2, 0) is 0 Å². The van der Waals surface area contributed by atoms with E-state index in [2.05, 4.69) is 5.32 Å². The molecule has 17 heavy (non-hydrogen) atoms. The molecule has 0 bridgehead atoms. The summed E-state index contributed by atoms with van der Waals surface area (Å²) in [4.78, 5) is 0. The average Bonchev–Trinajstić information content (AvgIpc) is 2.19. The third-order valence-electron chi connectivity index (χ3n) is 2.91. The zero-order valence-electron chi connectivity index (χ0n) is 10.4. The van der Waals surface area contributed by atoms with E-state index in [0.29, 0.717) is 6.54 Å². The maximum absolute atomic E-state index is 12.5. The van der Waals surface area contributed by atoms with Crippen LogP contribution in [-0.4, -0.2) is 12.7 Å². The Balaban J connectivity index is 3.01. The van der Waals surface area contributed by atoms with E-state index in [0.717, 1.165) is 16.7 Å². The van der Waals surface area contributed by atoms with Crippen LogP contribution in [0.5, 0.6) is 0 Å². The number of hydrogen-bond donors (Lipinski definition) is 1. The molecule has 0 fully saturated rings. The summed E-state index contributed by atoms with van der Waals surface area (Å²) in [7, 11) is 0. The molecule has 0 aromatic heterocycles. The molecule has 0 aliphatic carbocycles. The van der Waals surface area contributed by atoms with Crippen molar-refractivity contribution < 1.29 is 13.2 Å². The van der Waals surface area contributed by atoms with Crippen LogP contribution in [0.15, 0.2) is 18.2 Å². The van der Waals surface area contributed by atoms with E-state index in [1.165, 1.54) is 0 Å². The molecular formula is C13H18F3N. The molecule has 1 nitrogen and oxygen atoms in total. The molecular weight excluding hydrogens is 227 g/mol. The van der Waals surface area contributed by atoms with Crippen molar-refractivity contribution >= 4 is 0 Å². The molecule has 96 valence electrons. The molecule has 0 saturated heterocycles. The molecule has 1 rings (SSSR count). The van der Waals surface area contributed by atoms with Gasteiger partial charge in [-0.05, 0) is 37.1 Å². The van der Waals surface area contributed by atoms with Crippen molar-refractivity contribution in [3.63, 3.8) is 0 Å². The maximum atomic E-state index is 12.5. The van der Waals surface area contributed by atoms with Crippen LogP contribution in [0, 0.1) is 13.8 Å². The fourth-order valence-corrected chi connectivity index (χ4v) is 1.92. The molecule has 1 N–H and O–H groups in total. The van der Waals surface area contributed by atoms with Gasteiger partial charge in [0.25, 0.3) is 0 Å². The first-order valence-corrected chi connectivity index (χ1v) is 5.71. The van der Waals surface area contributed by atoms with E-state index < -0.39 is 18.6 Å². The minimum Gasteiger partial charge on any atom is -0.310 e. The third kappa shape index (κ3) is 4.04. The van der Waals surface area contributed by atoms with E-state index in [1.807, 2.05) is 26.8 Å².